The van der Waals surface area contributed by atoms with Crippen molar-refractivity contribution >= 4 is 15.9 Å². The van der Waals surface area contributed by atoms with Crippen LogP contribution in [0.15, 0.2) is 4.47 Å². The Morgan fingerprint density at radius 3 is 2.55 bits per heavy atom. The number of aromatic nitrogens is 2. The summed E-state index contributed by atoms with van der Waals surface area (Å²) in [5.41, 5.74) is 2.36. The fourth-order valence-electron chi connectivity index (χ4n) is 2.90. The minimum absolute atomic E-state index is 0.562. The molecule has 1 saturated heterocycles. The van der Waals surface area contributed by atoms with E-state index in [1.54, 1.807) is 0 Å². The van der Waals surface area contributed by atoms with E-state index in [1.165, 1.54) is 38.2 Å². The maximum absolute atomic E-state index is 4.50. The van der Waals surface area contributed by atoms with Gasteiger partial charge in [0.25, 0.3) is 0 Å². The lowest BCUT2D eigenvalue weighted by molar-refractivity contribution is 0.158. The van der Waals surface area contributed by atoms with Crippen LogP contribution in [0.2, 0.25) is 0 Å². The fourth-order valence-corrected chi connectivity index (χ4v) is 3.36. The largest absolute Gasteiger partial charge is 0.317 e. The Kier molecular flexibility index (Phi) is 5.64. The number of nitrogens with zero attached hydrogens (tertiary/aromatic N) is 3. The van der Waals surface area contributed by atoms with Gasteiger partial charge < -0.3 is 5.32 Å². The second-order valence-electron chi connectivity index (χ2n) is 6.19. The lowest BCUT2D eigenvalue weighted by Crippen LogP contribution is -2.39. The molecule has 0 atom stereocenters. The molecule has 0 unspecified atom stereocenters. The third-order valence-corrected chi connectivity index (χ3v) is 5.33. The van der Waals surface area contributed by atoms with Crippen LogP contribution in [0.25, 0.3) is 0 Å². The number of halogens is 1. The van der Waals surface area contributed by atoms with Gasteiger partial charge in [0.1, 0.15) is 0 Å². The Hall–Kier alpha value is -0.390. The van der Waals surface area contributed by atoms with Crippen LogP contribution >= 0.6 is 15.9 Å². The Morgan fingerprint density at radius 1 is 1.40 bits per heavy atom. The highest BCUT2D eigenvalue weighted by atomic mass is 79.9. The molecule has 0 spiro atoms. The number of piperidine rings is 1. The lowest BCUT2D eigenvalue weighted by Gasteiger charge is -2.32. The van der Waals surface area contributed by atoms with Crippen LogP contribution in [-0.2, 0) is 13.6 Å². The van der Waals surface area contributed by atoms with E-state index < -0.39 is 0 Å². The molecule has 4 nitrogen and oxygen atoms in total. The zero-order valence-electron chi connectivity index (χ0n) is 13.1. The number of hydrogen-bond acceptors (Lipinski definition) is 3. The van der Waals surface area contributed by atoms with Crippen LogP contribution in [0.4, 0.5) is 0 Å². The molecule has 0 aromatic carbocycles. The van der Waals surface area contributed by atoms with Gasteiger partial charge in [-0.25, -0.2) is 0 Å². The third kappa shape index (κ3) is 3.83. The SMILES string of the molecule is Cc1nn(C)c(CN(CC2CCNCC2)C(C)C)c1Br. The Bertz CT molecular complexity index is 435. The van der Waals surface area contributed by atoms with Crippen molar-refractivity contribution in [2.24, 2.45) is 13.0 Å². The zero-order chi connectivity index (χ0) is 14.7. The van der Waals surface area contributed by atoms with Crippen molar-refractivity contribution in [3.05, 3.63) is 15.9 Å². The first kappa shape index (κ1) is 16.0. The number of hydrogen-bond donors (Lipinski definition) is 1. The van der Waals surface area contributed by atoms with Gasteiger partial charge in [-0.3, -0.25) is 9.58 Å². The van der Waals surface area contributed by atoms with E-state index in [2.05, 4.69) is 52.0 Å². The lowest BCUT2D eigenvalue weighted by atomic mass is 9.97. The summed E-state index contributed by atoms with van der Waals surface area (Å²) in [5.74, 6) is 0.826. The molecule has 0 saturated carbocycles. The van der Waals surface area contributed by atoms with Crippen molar-refractivity contribution in [3.63, 3.8) is 0 Å². The average molecular weight is 343 g/mol. The molecule has 5 heteroatoms. The average Bonchev–Trinajstić information content (AvgIpc) is 2.65. The molecule has 1 N–H and O–H groups in total. The molecule has 1 fully saturated rings. The maximum Gasteiger partial charge on any atom is 0.0739 e. The van der Waals surface area contributed by atoms with Gasteiger partial charge in [0.05, 0.1) is 15.9 Å². The van der Waals surface area contributed by atoms with Gasteiger partial charge in [-0.05, 0) is 68.6 Å². The van der Waals surface area contributed by atoms with E-state index in [1.807, 2.05) is 11.7 Å². The standard InChI is InChI=1S/C15H27BrN4/c1-11(2)20(9-13-5-7-17-8-6-13)10-14-15(16)12(3)18-19(14)4/h11,13,17H,5-10H2,1-4H3. The normalized spacial score (nSPS) is 17.4. The summed E-state index contributed by atoms with van der Waals surface area (Å²) in [6.07, 6.45) is 2.60. The van der Waals surface area contributed by atoms with E-state index in [0.29, 0.717) is 6.04 Å². The summed E-state index contributed by atoms with van der Waals surface area (Å²) in [4.78, 5) is 2.58. The second-order valence-corrected chi connectivity index (χ2v) is 6.98. The third-order valence-electron chi connectivity index (χ3n) is 4.30. The minimum Gasteiger partial charge on any atom is -0.317 e. The zero-order valence-corrected chi connectivity index (χ0v) is 14.7. The van der Waals surface area contributed by atoms with Gasteiger partial charge in [-0.15, -0.1) is 0 Å². The molecule has 1 aromatic rings. The molecule has 2 rings (SSSR count). The number of nitrogens with one attached hydrogen (secondary N) is 1. The number of rotatable bonds is 5. The molecule has 0 amide bonds. The summed E-state index contributed by atoms with van der Waals surface area (Å²) in [6.45, 7) is 11.1. The van der Waals surface area contributed by atoms with Crippen LogP contribution in [0, 0.1) is 12.8 Å². The Labute approximate surface area is 131 Å². The molecular formula is C15H27BrN4. The summed E-state index contributed by atoms with van der Waals surface area (Å²) in [6, 6.07) is 0.562. The van der Waals surface area contributed by atoms with Crippen LogP contribution in [0.3, 0.4) is 0 Å². The molecule has 1 aliphatic rings. The summed E-state index contributed by atoms with van der Waals surface area (Å²) < 4.78 is 3.17. The quantitative estimate of drug-likeness (QED) is 0.892. The first-order valence-corrected chi connectivity index (χ1v) is 8.41. The van der Waals surface area contributed by atoms with E-state index in [-0.39, 0.29) is 0 Å². The molecule has 1 aromatic heterocycles. The summed E-state index contributed by atoms with van der Waals surface area (Å²) >= 11 is 3.68. The predicted molar refractivity (Wildman–Crippen MR) is 86.8 cm³/mol. The second kappa shape index (κ2) is 7.05. The van der Waals surface area contributed by atoms with Gasteiger partial charge >= 0.3 is 0 Å². The van der Waals surface area contributed by atoms with Crippen molar-refractivity contribution in [2.45, 2.75) is 46.2 Å². The van der Waals surface area contributed by atoms with E-state index in [4.69, 9.17) is 0 Å². The smallest absolute Gasteiger partial charge is 0.0739 e. The number of aryl methyl sites for hydroxylation is 2. The van der Waals surface area contributed by atoms with E-state index in [0.717, 1.165) is 22.6 Å². The van der Waals surface area contributed by atoms with Crippen LogP contribution < -0.4 is 5.32 Å². The first-order chi connectivity index (χ1) is 9.49. The molecule has 20 heavy (non-hydrogen) atoms. The van der Waals surface area contributed by atoms with Gasteiger partial charge in [0, 0.05) is 26.2 Å². The van der Waals surface area contributed by atoms with Crippen LogP contribution in [0.5, 0.6) is 0 Å². The highest BCUT2D eigenvalue weighted by molar-refractivity contribution is 9.10. The molecular weight excluding hydrogens is 316 g/mol. The van der Waals surface area contributed by atoms with Crippen molar-refractivity contribution < 1.29 is 0 Å². The Balaban J connectivity index is 2.05. The van der Waals surface area contributed by atoms with E-state index in [9.17, 15) is 0 Å². The molecule has 0 bridgehead atoms. The predicted octanol–water partition coefficient (Wildman–Crippen LogP) is 2.70. The summed E-state index contributed by atoms with van der Waals surface area (Å²) in [5, 5.41) is 7.95. The van der Waals surface area contributed by atoms with Crippen molar-refractivity contribution in [1.82, 2.24) is 20.0 Å². The fraction of sp³-hybridized carbons (Fsp3) is 0.800. The molecule has 1 aliphatic heterocycles. The molecule has 0 radical (unpaired) electrons. The molecule has 114 valence electrons. The maximum atomic E-state index is 4.50. The highest BCUT2D eigenvalue weighted by Gasteiger charge is 2.21. The minimum atomic E-state index is 0.562. The van der Waals surface area contributed by atoms with Gasteiger partial charge in [0.2, 0.25) is 0 Å². The monoisotopic (exact) mass is 342 g/mol. The molecule has 2 heterocycles. The van der Waals surface area contributed by atoms with E-state index >= 15 is 0 Å². The summed E-state index contributed by atoms with van der Waals surface area (Å²) in [7, 11) is 2.04. The van der Waals surface area contributed by atoms with Crippen molar-refractivity contribution in [2.75, 3.05) is 19.6 Å². The van der Waals surface area contributed by atoms with Gasteiger partial charge in [-0.1, -0.05) is 0 Å². The topological polar surface area (TPSA) is 33.1 Å². The van der Waals surface area contributed by atoms with Crippen molar-refractivity contribution in [3.8, 4) is 0 Å². The van der Waals surface area contributed by atoms with Gasteiger partial charge in [0.15, 0.2) is 0 Å². The Morgan fingerprint density at radius 2 is 2.05 bits per heavy atom. The van der Waals surface area contributed by atoms with Gasteiger partial charge in [-0.2, -0.15) is 5.10 Å². The molecule has 0 aliphatic carbocycles. The van der Waals surface area contributed by atoms with Crippen LogP contribution in [0.1, 0.15) is 38.1 Å². The first-order valence-electron chi connectivity index (χ1n) is 7.61. The highest BCUT2D eigenvalue weighted by Crippen LogP contribution is 2.24. The van der Waals surface area contributed by atoms with Crippen molar-refractivity contribution in [1.29, 1.82) is 0 Å². The van der Waals surface area contributed by atoms with Crippen LogP contribution in [-0.4, -0.2) is 40.4 Å².